The SMILES string of the molecule is C=CNCOCC. The van der Waals surface area contributed by atoms with Gasteiger partial charge in [0.2, 0.25) is 0 Å². The van der Waals surface area contributed by atoms with Crippen LogP contribution in [0.5, 0.6) is 0 Å². The monoisotopic (exact) mass is 101 g/mol. The highest BCUT2D eigenvalue weighted by molar-refractivity contribution is 4.57. The van der Waals surface area contributed by atoms with Gasteiger partial charge in [-0.25, -0.2) is 0 Å². The molecule has 0 saturated carbocycles. The third kappa shape index (κ3) is 5.50. The zero-order chi connectivity index (χ0) is 5.54. The zero-order valence-corrected chi connectivity index (χ0v) is 4.61. The van der Waals surface area contributed by atoms with Crippen molar-refractivity contribution < 1.29 is 4.74 Å². The molecule has 0 bridgehead atoms. The molecular formula is C5H11NO. The fourth-order valence-electron chi connectivity index (χ4n) is 0.220. The minimum atomic E-state index is 0.569. The molecule has 0 aromatic heterocycles. The molecule has 0 unspecified atom stereocenters. The lowest BCUT2D eigenvalue weighted by atomic mass is 10.9. The molecule has 2 heteroatoms. The second kappa shape index (κ2) is 5.50. The van der Waals surface area contributed by atoms with Crippen LogP contribution in [0.15, 0.2) is 12.8 Å². The Hall–Kier alpha value is -0.500. The summed E-state index contributed by atoms with van der Waals surface area (Å²) < 4.78 is 4.89. The van der Waals surface area contributed by atoms with E-state index in [9.17, 15) is 0 Å². The number of hydrogen-bond acceptors (Lipinski definition) is 2. The van der Waals surface area contributed by atoms with E-state index in [0.29, 0.717) is 6.73 Å². The van der Waals surface area contributed by atoms with Crippen molar-refractivity contribution in [2.24, 2.45) is 0 Å². The lowest BCUT2D eigenvalue weighted by Gasteiger charge is -1.96. The Bertz CT molecular complexity index is 45.3. The predicted octanol–water partition coefficient (Wildman–Crippen LogP) is 0.714. The molecule has 0 aromatic carbocycles. The number of ether oxygens (including phenoxy) is 1. The van der Waals surface area contributed by atoms with Crippen LogP contribution in [0.4, 0.5) is 0 Å². The second-order valence-electron chi connectivity index (χ2n) is 1.05. The van der Waals surface area contributed by atoms with Crippen LogP contribution in [0.1, 0.15) is 6.92 Å². The third-order valence-corrected chi connectivity index (χ3v) is 0.534. The molecule has 7 heavy (non-hydrogen) atoms. The molecule has 0 aromatic rings. The smallest absolute Gasteiger partial charge is 0.116 e. The zero-order valence-electron chi connectivity index (χ0n) is 4.61. The van der Waals surface area contributed by atoms with Crippen LogP contribution in [-0.4, -0.2) is 13.3 Å². The van der Waals surface area contributed by atoms with E-state index in [0.717, 1.165) is 6.61 Å². The molecule has 0 spiro atoms. The number of hydrogen-bond donors (Lipinski definition) is 1. The van der Waals surface area contributed by atoms with Crippen LogP contribution < -0.4 is 5.32 Å². The van der Waals surface area contributed by atoms with Crippen LogP contribution >= 0.6 is 0 Å². The van der Waals surface area contributed by atoms with Crippen molar-refractivity contribution in [3.8, 4) is 0 Å². The fraction of sp³-hybridized carbons (Fsp3) is 0.600. The summed E-state index contributed by atoms with van der Waals surface area (Å²) in [4.78, 5) is 0. The minimum absolute atomic E-state index is 0.569. The van der Waals surface area contributed by atoms with Crippen molar-refractivity contribution in [3.63, 3.8) is 0 Å². The molecule has 0 atom stereocenters. The Kier molecular flexibility index (Phi) is 5.11. The van der Waals surface area contributed by atoms with Crippen LogP contribution in [0.2, 0.25) is 0 Å². The summed E-state index contributed by atoms with van der Waals surface area (Å²) in [6.07, 6.45) is 1.61. The van der Waals surface area contributed by atoms with E-state index >= 15 is 0 Å². The molecular weight excluding hydrogens is 90.1 g/mol. The molecule has 0 rings (SSSR count). The summed E-state index contributed by atoms with van der Waals surface area (Å²) in [5, 5.41) is 2.79. The van der Waals surface area contributed by atoms with Crippen molar-refractivity contribution in [1.82, 2.24) is 5.32 Å². The topological polar surface area (TPSA) is 21.3 Å². The van der Waals surface area contributed by atoms with E-state index in [1.807, 2.05) is 6.92 Å². The molecule has 2 nitrogen and oxygen atoms in total. The van der Waals surface area contributed by atoms with Gasteiger partial charge < -0.3 is 10.1 Å². The highest BCUT2D eigenvalue weighted by Gasteiger charge is 1.71. The summed E-state index contributed by atoms with van der Waals surface area (Å²) in [6.45, 7) is 6.71. The first-order valence-corrected chi connectivity index (χ1v) is 2.33. The van der Waals surface area contributed by atoms with Gasteiger partial charge in [0.25, 0.3) is 0 Å². The average molecular weight is 101 g/mol. The van der Waals surface area contributed by atoms with Crippen molar-refractivity contribution in [1.29, 1.82) is 0 Å². The Balaban J connectivity index is 2.56. The normalized spacial score (nSPS) is 8.14. The summed E-state index contributed by atoms with van der Waals surface area (Å²) in [5.41, 5.74) is 0. The fourth-order valence-corrected chi connectivity index (χ4v) is 0.220. The van der Waals surface area contributed by atoms with Gasteiger partial charge in [-0.1, -0.05) is 6.58 Å². The molecule has 0 heterocycles. The van der Waals surface area contributed by atoms with Crippen molar-refractivity contribution >= 4 is 0 Å². The first-order chi connectivity index (χ1) is 3.41. The van der Waals surface area contributed by atoms with E-state index in [1.54, 1.807) is 6.20 Å². The second-order valence-corrected chi connectivity index (χ2v) is 1.05. The van der Waals surface area contributed by atoms with E-state index in [2.05, 4.69) is 11.9 Å². The van der Waals surface area contributed by atoms with Gasteiger partial charge in [-0.3, -0.25) is 0 Å². The molecule has 0 fully saturated rings. The Labute approximate surface area is 44.2 Å². The highest BCUT2D eigenvalue weighted by atomic mass is 16.5. The quantitative estimate of drug-likeness (QED) is 0.416. The van der Waals surface area contributed by atoms with E-state index < -0.39 is 0 Å². The molecule has 0 aliphatic carbocycles. The molecule has 0 amide bonds. The van der Waals surface area contributed by atoms with Gasteiger partial charge in [0.1, 0.15) is 6.73 Å². The van der Waals surface area contributed by atoms with E-state index in [-0.39, 0.29) is 0 Å². The Morgan fingerprint density at radius 2 is 2.57 bits per heavy atom. The number of rotatable bonds is 4. The lowest BCUT2D eigenvalue weighted by molar-refractivity contribution is 0.138. The maximum absolute atomic E-state index is 4.89. The van der Waals surface area contributed by atoms with Gasteiger partial charge in [0.05, 0.1) is 0 Å². The maximum Gasteiger partial charge on any atom is 0.116 e. The summed E-state index contributed by atoms with van der Waals surface area (Å²) in [6, 6.07) is 0. The molecule has 0 aliphatic heterocycles. The van der Waals surface area contributed by atoms with Crippen LogP contribution in [-0.2, 0) is 4.74 Å². The molecule has 42 valence electrons. The van der Waals surface area contributed by atoms with Gasteiger partial charge in [-0.15, -0.1) is 0 Å². The summed E-state index contributed by atoms with van der Waals surface area (Å²) in [5.74, 6) is 0. The summed E-state index contributed by atoms with van der Waals surface area (Å²) >= 11 is 0. The first kappa shape index (κ1) is 6.50. The molecule has 0 radical (unpaired) electrons. The van der Waals surface area contributed by atoms with Crippen LogP contribution in [0.25, 0.3) is 0 Å². The third-order valence-electron chi connectivity index (χ3n) is 0.534. The average Bonchev–Trinajstić information content (AvgIpc) is 1.69. The molecule has 0 aliphatic rings. The standard InChI is InChI=1S/C5H11NO/c1-3-6-5-7-4-2/h3,6H,1,4-5H2,2H3. The van der Waals surface area contributed by atoms with Gasteiger partial charge in [-0.2, -0.15) is 0 Å². The maximum atomic E-state index is 4.89. The van der Waals surface area contributed by atoms with Crippen LogP contribution in [0.3, 0.4) is 0 Å². The molecule has 1 N–H and O–H groups in total. The van der Waals surface area contributed by atoms with Gasteiger partial charge in [-0.05, 0) is 13.1 Å². The van der Waals surface area contributed by atoms with Gasteiger partial charge >= 0.3 is 0 Å². The van der Waals surface area contributed by atoms with Crippen LogP contribution in [0, 0.1) is 0 Å². The van der Waals surface area contributed by atoms with Crippen molar-refractivity contribution in [2.75, 3.05) is 13.3 Å². The van der Waals surface area contributed by atoms with Crippen molar-refractivity contribution in [3.05, 3.63) is 12.8 Å². The van der Waals surface area contributed by atoms with E-state index in [4.69, 9.17) is 4.74 Å². The van der Waals surface area contributed by atoms with Gasteiger partial charge in [0, 0.05) is 6.61 Å². The Morgan fingerprint density at radius 3 is 3.00 bits per heavy atom. The van der Waals surface area contributed by atoms with E-state index in [1.165, 1.54) is 0 Å². The number of nitrogens with one attached hydrogen (secondary N) is 1. The largest absolute Gasteiger partial charge is 0.369 e. The van der Waals surface area contributed by atoms with Gasteiger partial charge in [0.15, 0.2) is 0 Å². The lowest BCUT2D eigenvalue weighted by Crippen LogP contribution is -2.09. The predicted molar refractivity (Wildman–Crippen MR) is 29.8 cm³/mol. The highest BCUT2D eigenvalue weighted by Crippen LogP contribution is 1.64. The Morgan fingerprint density at radius 1 is 1.86 bits per heavy atom. The summed E-state index contributed by atoms with van der Waals surface area (Å²) in [7, 11) is 0. The van der Waals surface area contributed by atoms with Crippen molar-refractivity contribution in [2.45, 2.75) is 6.92 Å². The first-order valence-electron chi connectivity index (χ1n) is 2.33. The minimum Gasteiger partial charge on any atom is -0.369 e. The molecule has 0 saturated heterocycles.